The Kier molecular flexibility index (Phi) is 4.16. The summed E-state index contributed by atoms with van der Waals surface area (Å²) in [6, 6.07) is 12.0. The Bertz CT molecular complexity index is 869. The third kappa shape index (κ3) is 3.44. The number of carbonyl (C=O) groups is 1. The molecule has 0 saturated carbocycles. The van der Waals surface area contributed by atoms with E-state index in [1.807, 2.05) is 22.9 Å². The fraction of sp³-hybridized carbons (Fsp3) is 0.0588. The van der Waals surface area contributed by atoms with Gasteiger partial charge in [0.25, 0.3) is 5.91 Å². The van der Waals surface area contributed by atoms with Crippen molar-refractivity contribution in [3.8, 4) is 0 Å². The molecule has 0 aliphatic carbocycles. The van der Waals surface area contributed by atoms with Crippen LogP contribution in [0.4, 0.5) is 4.39 Å². The summed E-state index contributed by atoms with van der Waals surface area (Å²) >= 11 is 0. The van der Waals surface area contributed by atoms with Gasteiger partial charge in [0.05, 0.1) is 18.3 Å². The van der Waals surface area contributed by atoms with Gasteiger partial charge in [0.1, 0.15) is 5.82 Å². The van der Waals surface area contributed by atoms with Crippen LogP contribution in [0.3, 0.4) is 0 Å². The van der Waals surface area contributed by atoms with Crippen LogP contribution in [0.25, 0.3) is 17.0 Å². The summed E-state index contributed by atoms with van der Waals surface area (Å²) in [5.41, 5.74) is 4.26. The van der Waals surface area contributed by atoms with Crippen LogP contribution in [0.2, 0.25) is 0 Å². The van der Waals surface area contributed by atoms with Crippen LogP contribution < -0.4 is 5.48 Å². The highest BCUT2D eigenvalue weighted by molar-refractivity contribution is 5.91. The molecule has 116 valence electrons. The number of aromatic nitrogens is 2. The van der Waals surface area contributed by atoms with E-state index < -0.39 is 5.91 Å². The summed E-state index contributed by atoms with van der Waals surface area (Å²) in [7, 11) is 0. The number of hydrogen-bond acceptors (Lipinski definition) is 3. The van der Waals surface area contributed by atoms with Crippen LogP contribution in [0, 0.1) is 5.82 Å². The molecule has 0 aliphatic rings. The van der Waals surface area contributed by atoms with Crippen LogP contribution in [0.5, 0.6) is 0 Å². The number of amides is 1. The number of fused-ring (bicyclic) bond motifs is 1. The third-order valence-electron chi connectivity index (χ3n) is 3.45. The lowest BCUT2D eigenvalue weighted by Crippen LogP contribution is -2.14. The molecule has 0 unspecified atom stereocenters. The number of rotatable bonds is 4. The lowest BCUT2D eigenvalue weighted by atomic mass is 10.1. The number of hydroxylamine groups is 1. The summed E-state index contributed by atoms with van der Waals surface area (Å²) in [5, 5.41) is 13.7. The highest BCUT2D eigenvalue weighted by Crippen LogP contribution is 2.18. The second kappa shape index (κ2) is 6.41. The van der Waals surface area contributed by atoms with Crippen molar-refractivity contribution in [2.45, 2.75) is 6.54 Å². The molecule has 2 N–H and O–H groups in total. The van der Waals surface area contributed by atoms with Crippen LogP contribution >= 0.6 is 0 Å². The van der Waals surface area contributed by atoms with Gasteiger partial charge >= 0.3 is 0 Å². The highest BCUT2D eigenvalue weighted by Gasteiger charge is 2.04. The zero-order valence-corrected chi connectivity index (χ0v) is 12.1. The van der Waals surface area contributed by atoms with E-state index in [9.17, 15) is 9.18 Å². The monoisotopic (exact) mass is 311 g/mol. The van der Waals surface area contributed by atoms with E-state index in [1.165, 1.54) is 23.7 Å². The number of nitrogens with zero attached hydrogens (tertiary/aromatic N) is 2. The fourth-order valence-corrected chi connectivity index (χ4v) is 2.31. The van der Waals surface area contributed by atoms with Gasteiger partial charge in [-0.1, -0.05) is 18.2 Å². The molecular weight excluding hydrogens is 297 g/mol. The van der Waals surface area contributed by atoms with Crippen molar-refractivity contribution >= 4 is 22.9 Å². The molecule has 3 rings (SSSR count). The minimum atomic E-state index is -0.586. The molecular formula is C17H14FN3O2. The molecule has 0 saturated heterocycles. The van der Waals surface area contributed by atoms with Crippen LogP contribution in [-0.2, 0) is 11.3 Å². The molecule has 0 spiro atoms. The molecule has 2 aromatic carbocycles. The predicted octanol–water partition coefficient (Wildman–Crippen LogP) is 2.74. The standard InChI is InChI=1S/C17H14FN3O2/c18-15-5-1-13(2-6-15)11-21-16-7-3-12(4-8-17(22)20-23)9-14(16)10-19-21/h1-10,23H,11H2,(H,20,22)/b8-4+. The number of carbonyl (C=O) groups excluding carboxylic acids is 1. The first-order valence-electron chi connectivity index (χ1n) is 6.98. The summed E-state index contributed by atoms with van der Waals surface area (Å²) in [4.78, 5) is 11.0. The van der Waals surface area contributed by atoms with Crippen LogP contribution in [-0.4, -0.2) is 20.9 Å². The molecule has 3 aromatic rings. The first-order valence-corrected chi connectivity index (χ1v) is 6.98. The highest BCUT2D eigenvalue weighted by atomic mass is 19.1. The normalized spacial score (nSPS) is 11.2. The van der Waals surface area contributed by atoms with Crippen molar-refractivity contribution < 1.29 is 14.4 Å². The molecule has 0 aliphatic heterocycles. The molecule has 6 heteroatoms. The van der Waals surface area contributed by atoms with Crippen molar-refractivity contribution in [1.82, 2.24) is 15.3 Å². The molecule has 0 fully saturated rings. The van der Waals surface area contributed by atoms with E-state index in [0.717, 1.165) is 22.0 Å². The number of nitrogens with one attached hydrogen (secondary N) is 1. The molecule has 0 radical (unpaired) electrons. The van der Waals surface area contributed by atoms with Gasteiger partial charge in [0.2, 0.25) is 0 Å². The smallest absolute Gasteiger partial charge is 0.267 e. The predicted molar refractivity (Wildman–Crippen MR) is 84.2 cm³/mol. The van der Waals surface area contributed by atoms with Crippen molar-refractivity contribution in [3.63, 3.8) is 0 Å². The minimum absolute atomic E-state index is 0.262. The Hall–Kier alpha value is -2.99. The van der Waals surface area contributed by atoms with Gasteiger partial charge in [0, 0.05) is 11.5 Å². The van der Waals surface area contributed by atoms with E-state index >= 15 is 0 Å². The molecule has 5 nitrogen and oxygen atoms in total. The summed E-state index contributed by atoms with van der Waals surface area (Å²) in [6.07, 6.45) is 4.58. The molecule has 0 atom stereocenters. The van der Waals surface area contributed by atoms with Crippen molar-refractivity contribution in [1.29, 1.82) is 0 Å². The van der Waals surface area contributed by atoms with Crippen molar-refractivity contribution in [3.05, 3.63) is 71.7 Å². The van der Waals surface area contributed by atoms with Gasteiger partial charge < -0.3 is 0 Å². The lowest BCUT2D eigenvalue weighted by Gasteiger charge is -2.04. The van der Waals surface area contributed by atoms with Gasteiger partial charge in [-0.05, 0) is 41.5 Å². The zero-order valence-electron chi connectivity index (χ0n) is 12.1. The maximum atomic E-state index is 12.9. The zero-order chi connectivity index (χ0) is 16.2. The van der Waals surface area contributed by atoms with Gasteiger partial charge in [0.15, 0.2) is 0 Å². The molecule has 1 heterocycles. The Morgan fingerprint density at radius 2 is 2.04 bits per heavy atom. The Morgan fingerprint density at radius 1 is 1.26 bits per heavy atom. The van der Waals surface area contributed by atoms with Crippen molar-refractivity contribution in [2.24, 2.45) is 0 Å². The first kappa shape index (κ1) is 14.9. The average Bonchev–Trinajstić information content (AvgIpc) is 2.97. The SMILES string of the molecule is O=C(/C=C/c1ccc2c(cnn2Cc2ccc(F)cc2)c1)NO. The molecule has 0 bridgehead atoms. The topological polar surface area (TPSA) is 67.2 Å². The molecule has 1 aromatic heterocycles. The minimum Gasteiger partial charge on any atom is -0.288 e. The van der Waals surface area contributed by atoms with Gasteiger partial charge in [-0.25, -0.2) is 9.87 Å². The van der Waals surface area contributed by atoms with Crippen LogP contribution in [0.15, 0.2) is 54.7 Å². The lowest BCUT2D eigenvalue weighted by molar-refractivity contribution is -0.124. The van der Waals surface area contributed by atoms with Crippen LogP contribution in [0.1, 0.15) is 11.1 Å². The molecule has 23 heavy (non-hydrogen) atoms. The number of benzene rings is 2. The summed E-state index contributed by atoms with van der Waals surface area (Å²) in [5.74, 6) is -0.848. The first-order chi connectivity index (χ1) is 11.2. The average molecular weight is 311 g/mol. The van der Waals surface area contributed by atoms with E-state index in [0.29, 0.717) is 6.54 Å². The largest absolute Gasteiger partial charge is 0.288 e. The maximum Gasteiger partial charge on any atom is 0.267 e. The Labute approximate surface area is 131 Å². The van der Waals surface area contributed by atoms with E-state index in [-0.39, 0.29) is 5.82 Å². The Morgan fingerprint density at radius 3 is 2.78 bits per heavy atom. The van der Waals surface area contributed by atoms with Crippen molar-refractivity contribution in [2.75, 3.05) is 0 Å². The van der Waals surface area contributed by atoms with Gasteiger partial charge in [-0.15, -0.1) is 0 Å². The van der Waals surface area contributed by atoms with Gasteiger partial charge in [-0.2, -0.15) is 5.10 Å². The van der Waals surface area contributed by atoms with E-state index in [1.54, 1.807) is 24.4 Å². The second-order valence-electron chi connectivity index (χ2n) is 5.06. The van der Waals surface area contributed by atoms with E-state index in [4.69, 9.17) is 5.21 Å². The summed E-state index contributed by atoms with van der Waals surface area (Å²) < 4.78 is 14.8. The quantitative estimate of drug-likeness (QED) is 0.442. The second-order valence-corrected chi connectivity index (χ2v) is 5.06. The number of hydrogen-bond donors (Lipinski definition) is 2. The molecule has 1 amide bonds. The van der Waals surface area contributed by atoms with Gasteiger partial charge in [-0.3, -0.25) is 14.7 Å². The fourth-order valence-electron chi connectivity index (χ4n) is 2.31. The summed E-state index contributed by atoms with van der Waals surface area (Å²) in [6.45, 7) is 0.548. The maximum absolute atomic E-state index is 12.9. The van der Waals surface area contributed by atoms with E-state index in [2.05, 4.69) is 5.10 Å². The third-order valence-corrected chi connectivity index (χ3v) is 3.45. The number of halogens is 1. The Balaban J connectivity index is 1.85.